The van der Waals surface area contributed by atoms with Gasteiger partial charge in [0.15, 0.2) is 0 Å². The Kier molecular flexibility index (Phi) is 5.48. The number of nitrogens with zero attached hydrogens (tertiary/aromatic N) is 3. The van der Waals surface area contributed by atoms with Gasteiger partial charge in [-0.05, 0) is 17.9 Å². The fourth-order valence-electron chi connectivity index (χ4n) is 2.50. The molecule has 0 saturated carbocycles. The highest BCUT2D eigenvalue weighted by Crippen LogP contribution is 2.29. The van der Waals surface area contributed by atoms with Crippen LogP contribution in [0.25, 0.3) is 11.0 Å². The minimum atomic E-state index is -0.418. The number of carbonyl (C=O) groups is 1. The van der Waals surface area contributed by atoms with Gasteiger partial charge in [-0.25, -0.2) is 9.78 Å². The first kappa shape index (κ1) is 18.3. The van der Waals surface area contributed by atoms with E-state index in [9.17, 15) is 14.4 Å². The van der Waals surface area contributed by atoms with Crippen LogP contribution in [0.15, 0.2) is 20.7 Å². The van der Waals surface area contributed by atoms with Gasteiger partial charge in [0, 0.05) is 32.2 Å². The van der Waals surface area contributed by atoms with Crippen LogP contribution in [0.3, 0.4) is 0 Å². The Hall–Kier alpha value is -2.09. The van der Waals surface area contributed by atoms with E-state index >= 15 is 0 Å². The molecule has 0 fully saturated rings. The summed E-state index contributed by atoms with van der Waals surface area (Å²) < 4.78 is 2.44. The van der Waals surface area contributed by atoms with Crippen molar-refractivity contribution < 1.29 is 4.79 Å². The maximum Gasteiger partial charge on any atom is 0.332 e. The van der Waals surface area contributed by atoms with Gasteiger partial charge in [0.2, 0.25) is 5.91 Å². The van der Waals surface area contributed by atoms with E-state index in [0.717, 1.165) is 21.4 Å². The summed E-state index contributed by atoms with van der Waals surface area (Å²) in [4.78, 5) is 41.5. The second kappa shape index (κ2) is 7.21. The number of hydrogen-bond acceptors (Lipinski definition) is 5. The van der Waals surface area contributed by atoms with E-state index in [2.05, 4.69) is 24.1 Å². The van der Waals surface area contributed by atoms with Gasteiger partial charge in [-0.2, -0.15) is 0 Å². The molecule has 2 aromatic rings. The Morgan fingerprint density at radius 1 is 1.29 bits per heavy atom. The van der Waals surface area contributed by atoms with E-state index in [1.807, 2.05) is 0 Å². The third-order valence-electron chi connectivity index (χ3n) is 3.75. The molecule has 2 aromatic heterocycles. The quantitative estimate of drug-likeness (QED) is 0.801. The van der Waals surface area contributed by atoms with E-state index in [1.54, 1.807) is 20.3 Å². The molecule has 0 radical (unpaired) electrons. The number of rotatable bonds is 5. The minimum absolute atomic E-state index is 0.123. The van der Waals surface area contributed by atoms with Gasteiger partial charge in [-0.3, -0.25) is 18.7 Å². The first-order valence-corrected chi connectivity index (χ1v) is 8.67. The van der Waals surface area contributed by atoms with E-state index in [4.69, 9.17) is 0 Å². The Labute approximate surface area is 144 Å². The van der Waals surface area contributed by atoms with Crippen LogP contribution < -0.4 is 16.6 Å². The third kappa shape index (κ3) is 3.38. The predicted molar refractivity (Wildman–Crippen MR) is 95.6 cm³/mol. The van der Waals surface area contributed by atoms with E-state index in [1.165, 1.54) is 23.4 Å². The minimum Gasteiger partial charge on any atom is -0.358 e. The fourth-order valence-corrected chi connectivity index (χ4v) is 3.57. The molecule has 0 spiro atoms. The number of pyridine rings is 1. The third-order valence-corrected chi connectivity index (χ3v) is 4.91. The van der Waals surface area contributed by atoms with Gasteiger partial charge in [-0.1, -0.05) is 13.8 Å². The number of amides is 1. The first-order chi connectivity index (χ1) is 11.3. The Morgan fingerprint density at radius 3 is 2.54 bits per heavy atom. The summed E-state index contributed by atoms with van der Waals surface area (Å²) >= 11 is 1.31. The zero-order valence-electron chi connectivity index (χ0n) is 14.5. The number of aryl methyl sites for hydroxylation is 1. The number of nitrogens with one attached hydrogen (secondary N) is 1. The normalized spacial score (nSPS) is 11.2. The van der Waals surface area contributed by atoms with Crippen LogP contribution >= 0.6 is 11.8 Å². The number of thioether (sulfide) groups is 1. The van der Waals surface area contributed by atoms with Crippen LogP contribution in [-0.4, -0.2) is 32.8 Å². The molecule has 7 nitrogen and oxygen atoms in total. The van der Waals surface area contributed by atoms with Crippen molar-refractivity contribution in [1.29, 1.82) is 0 Å². The van der Waals surface area contributed by atoms with Crippen molar-refractivity contribution in [3.8, 4) is 0 Å². The average Bonchev–Trinajstić information content (AvgIpc) is 2.55. The number of carbonyl (C=O) groups excluding carboxylic acids is 1. The van der Waals surface area contributed by atoms with Crippen molar-refractivity contribution in [2.75, 3.05) is 12.8 Å². The lowest BCUT2D eigenvalue weighted by Crippen LogP contribution is -2.37. The topological polar surface area (TPSA) is 86.0 Å². The molecular formula is C16H22N4O3S. The van der Waals surface area contributed by atoms with E-state index in [0.29, 0.717) is 17.0 Å². The lowest BCUT2D eigenvalue weighted by Gasteiger charge is -2.15. The summed E-state index contributed by atoms with van der Waals surface area (Å²) in [5, 5.41) is 2.97. The number of fused-ring (bicyclic) bond motifs is 1. The SMILES string of the molecule is CNC(=O)CSc1c(CC(C)C)cnc2c1c(=O)n(C)c(=O)n2C. The molecule has 2 rings (SSSR count). The van der Waals surface area contributed by atoms with Gasteiger partial charge in [-0.15, -0.1) is 11.8 Å². The highest BCUT2D eigenvalue weighted by Gasteiger charge is 2.18. The van der Waals surface area contributed by atoms with Crippen molar-refractivity contribution in [3.63, 3.8) is 0 Å². The van der Waals surface area contributed by atoms with Crippen LogP contribution in [0.2, 0.25) is 0 Å². The standard InChI is InChI=1S/C16H22N4O3S/c1-9(2)6-10-7-18-14-12(13(10)24-8-11(21)17-3)15(22)20(5)16(23)19(14)4/h7,9H,6,8H2,1-5H3,(H,17,21). The molecule has 0 aliphatic rings. The summed E-state index contributed by atoms with van der Waals surface area (Å²) in [5.74, 6) is 0.453. The zero-order chi connectivity index (χ0) is 18.0. The summed E-state index contributed by atoms with van der Waals surface area (Å²) in [6, 6.07) is 0. The molecule has 1 N–H and O–H groups in total. The maximum absolute atomic E-state index is 12.7. The van der Waals surface area contributed by atoms with Crippen molar-refractivity contribution in [2.45, 2.75) is 25.2 Å². The molecule has 24 heavy (non-hydrogen) atoms. The molecule has 0 saturated heterocycles. The lowest BCUT2D eigenvalue weighted by molar-refractivity contribution is -0.118. The van der Waals surface area contributed by atoms with Crippen LogP contribution in [0.4, 0.5) is 0 Å². The molecule has 130 valence electrons. The van der Waals surface area contributed by atoms with Crippen molar-refractivity contribution in [2.24, 2.45) is 20.0 Å². The molecule has 8 heteroatoms. The number of hydrogen-bond donors (Lipinski definition) is 1. The summed E-state index contributed by atoms with van der Waals surface area (Å²) in [6.07, 6.45) is 2.44. The second-order valence-corrected chi connectivity index (χ2v) is 7.06. The molecule has 0 aromatic carbocycles. The summed E-state index contributed by atoms with van der Waals surface area (Å²) in [7, 11) is 4.62. The monoisotopic (exact) mass is 350 g/mol. The van der Waals surface area contributed by atoms with Crippen molar-refractivity contribution >= 4 is 28.7 Å². The lowest BCUT2D eigenvalue weighted by atomic mass is 10.0. The largest absolute Gasteiger partial charge is 0.358 e. The smallest absolute Gasteiger partial charge is 0.332 e. The molecular weight excluding hydrogens is 328 g/mol. The summed E-state index contributed by atoms with van der Waals surface area (Å²) in [5.41, 5.74) is 0.460. The van der Waals surface area contributed by atoms with E-state index < -0.39 is 5.69 Å². The molecule has 0 unspecified atom stereocenters. The maximum atomic E-state index is 12.7. The van der Waals surface area contributed by atoms with Crippen LogP contribution in [0, 0.1) is 5.92 Å². The molecule has 0 atom stereocenters. The Morgan fingerprint density at radius 2 is 1.96 bits per heavy atom. The molecule has 0 aliphatic heterocycles. The zero-order valence-corrected chi connectivity index (χ0v) is 15.4. The van der Waals surface area contributed by atoms with Gasteiger partial charge < -0.3 is 5.32 Å². The second-order valence-electron chi connectivity index (χ2n) is 6.08. The van der Waals surface area contributed by atoms with Gasteiger partial charge >= 0.3 is 5.69 Å². The Balaban J connectivity index is 2.77. The van der Waals surface area contributed by atoms with Crippen LogP contribution in [-0.2, 0) is 25.3 Å². The van der Waals surface area contributed by atoms with Crippen molar-refractivity contribution in [3.05, 3.63) is 32.6 Å². The Bertz CT molecular complexity index is 899. The van der Waals surface area contributed by atoms with Gasteiger partial charge in [0.25, 0.3) is 5.56 Å². The average molecular weight is 350 g/mol. The van der Waals surface area contributed by atoms with Gasteiger partial charge in [0.1, 0.15) is 5.65 Å². The van der Waals surface area contributed by atoms with Crippen molar-refractivity contribution in [1.82, 2.24) is 19.4 Å². The first-order valence-electron chi connectivity index (χ1n) is 7.68. The van der Waals surface area contributed by atoms with Crippen LogP contribution in [0.5, 0.6) is 0 Å². The molecule has 1 amide bonds. The van der Waals surface area contributed by atoms with E-state index in [-0.39, 0.29) is 17.2 Å². The molecule has 0 bridgehead atoms. The highest BCUT2D eigenvalue weighted by atomic mass is 32.2. The van der Waals surface area contributed by atoms with Crippen LogP contribution in [0.1, 0.15) is 19.4 Å². The summed E-state index contributed by atoms with van der Waals surface area (Å²) in [6.45, 7) is 4.16. The number of aromatic nitrogens is 3. The highest BCUT2D eigenvalue weighted by molar-refractivity contribution is 8.00. The predicted octanol–water partition coefficient (Wildman–Crippen LogP) is 0.669. The molecule has 0 aliphatic carbocycles. The molecule has 2 heterocycles. The van der Waals surface area contributed by atoms with Gasteiger partial charge in [0.05, 0.1) is 11.1 Å². The fraction of sp³-hybridized carbons (Fsp3) is 0.500.